The van der Waals surface area contributed by atoms with Crippen molar-refractivity contribution < 1.29 is 0 Å². The Morgan fingerprint density at radius 3 is 2.70 bits per heavy atom. The van der Waals surface area contributed by atoms with E-state index in [9.17, 15) is 0 Å². The van der Waals surface area contributed by atoms with E-state index in [1.807, 2.05) is 7.05 Å². The summed E-state index contributed by atoms with van der Waals surface area (Å²) in [5.41, 5.74) is 2.91. The van der Waals surface area contributed by atoms with Crippen molar-refractivity contribution in [1.29, 1.82) is 0 Å². The van der Waals surface area contributed by atoms with Crippen molar-refractivity contribution in [1.82, 2.24) is 10.2 Å². The third kappa shape index (κ3) is 1.51. The molecule has 58 valence electrons. The lowest BCUT2D eigenvalue weighted by molar-refractivity contribution is 0.343. The second-order valence-electron chi connectivity index (χ2n) is 3.00. The van der Waals surface area contributed by atoms with Crippen LogP contribution in [0.5, 0.6) is 0 Å². The van der Waals surface area contributed by atoms with Crippen LogP contribution in [0.25, 0.3) is 0 Å². The van der Waals surface area contributed by atoms with Crippen LogP contribution >= 0.6 is 0 Å². The maximum absolute atomic E-state index is 3.23. The maximum Gasteiger partial charge on any atom is 0.0207 e. The first kappa shape index (κ1) is 7.61. The quantitative estimate of drug-likeness (QED) is 0.580. The smallest absolute Gasteiger partial charge is 0.0207 e. The van der Waals surface area contributed by atoms with E-state index in [0.717, 1.165) is 6.54 Å². The topological polar surface area (TPSA) is 15.3 Å². The normalized spacial score (nSPS) is 21.5. The molecule has 0 saturated carbocycles. The molecule has 1 heterocycles. The second-order valence-corrected chi connectivity index (χ2v) is 3.00. The molecule has 0 atom stereocenters. The van der Waals surface area contributed by atoms with Gasteiger partial charge in [-0.1, -0.05) is 0 Å². The Kier molecular flexibility index (Phi) is 2.33. The molecular weight excluding hydrogens is 124 g/mol. The summed E-state index contributed by atoms with van der Waals surface area (Å²) < 4.78 is 0. The van der Waals surface area contributed by atoms with E-state index >= 15 is 0 Å². The van der Waals surface area contributed by atoms with Gasteiger partial charge in [0.1, 0.15) is 0 Å². The van der Waals surface area contributed by atoms with Crippen LogP contribution in [0.15, 0.2) is 11.3 Å². The molecule has 0 amide bonds. The van der Waals surface area contributed by atoms with E-state index in [4.69, 9.17) is 0 Å². The van der Waals surface area contributed by atoms with E-state index in [1.165, 1.54) is 24.2 Å². The van der Waals surface area contributed by atoms with Crippen LogP contribution in [0, 0.1) is 0 Å². The first-order chi connectivity index (χ1) is 4.74. The van der Waals surface area contributed by atoms with Crippen molar-refractivity contribution in [3.8, 4) is 0 Å². The molecule has 0 aromatic heterocycles. The monoisotopic (exact) mass is 140 g/mol. The minimum Gasteiger partial charge on any atom is -0.391 e. The molecule has 0 bridgehead atoms. The fourth-order valence-corrected chi connectivity index (χ4v) is 1.43. The van der Waals surface area contributed by atoms with Gasteiger partial charge >= 0.3 is 0 Å². The summed E-state index contributed by atoms with van der Waals surface area (Å²) in [4.78, 5) is 2.34. The molecule has 1 rings (SSSR count). The number of rotatable bonds is 1. The van der Waals surface area contributed by atoms with Gasteiger partial charge in [0.2, 0.25) is 0 Å². The molecule has 0 spiro atoms. The third-order valence-corrected chi connectivity index (χ3v) is 2.07. The molecule has 0 radical (unpaired) electrons. The summed E-state index contributed by atoms with van der Waals surface area (Å²) in [5.74, 6) is 0. The van der Waals surface area contributed by atoms with Gasteiger partial charge in [0, 0.05) is 25.8 Å². The number of hydrogen-bond acceptors (Lipinski definition) is 2. The molecule has 2 heteroatoms. The van der Waals surface area contributed by atoms with Crippen LogP contribution in [-0.4, -0.2) is 32.1 Å². The van der Waals surface area contributed by atoms with E-state index < -0.39 is 0 Å². The van der Waals surface area contributed by atoms with Gasteiger partial charge < -0.3 is 10.2 Å². The lowest BCUT2D eigenvalue weighted by Crippen LogP contribution is -2.30. The molecule has 0 aromatic carbocycles. The highest BCUT2D eigenvalue weighted by molar-refractivity contribution is 5.14. The molecular formula is C8H16N2. The van der Waals surface area contributed by atoms with E-state index in [1.54, 1.807) is 0 Å². The molecule has 1 N–H and O–H groups in total. The lowest BCUT2D eigenvalue weighted by Gasteiger charge is -2.25. The zero-order chi connectivity index (χ0) is 7.56. The number of likely N-dealkylation sites (N-methyl/N-ethyl adjacent to an activating group) is 1. The second kappa shape index (κ2) is 3.06. The Balaban J connectivity index is 2.61. The van der Waals surface area contributed by atoms with Crippen LogP contribution in [0.3, 0.4) is 0 Å². The van der Waals surface area contributed by atoms with Crippen LogP contribution in [0.4, 0.5) is 0 Å². The van der Waals surface area contributed by atoms with E-state index in [0.29, 0.717) is 0 Å². The Morgan fingerprint density at radius 2 is 2.20 bits per heavy atom. The van der Waals surface area contributed by atoms with Crippen molar-refractivity contribution in [2.75, 3.05) is 27.2 Å². The molecule has 0 saturated heterocycles. The molecule has 0 unspecified atom stereocenters. The summed E-state index contributed by atoms with van der Waals surface area (Å²) in [6.45, 7) is 4.51. The van der Waals surface area contributed by atoms with Gasteiger partial charge in [0.15, 0.2) is 0 Å². The predicted octanol–water partition coefficient (Wildman–Crippen LogP) is 0.815. The van der Waals surface area contributed by atoms with Crippen molar-refractivity contribution in [3.63, 3.8) is 0 Å². The van der Waals surface area contributed by atoms with Crippen LogP contribution in [-0.2, 0) is 0 Å². The predicted molar refractivity (Wildman–Crippen MR) is 43.9 cm³/mol. The zero-order valence-corrected chi connectivity index (χ0v) is 7.07. The lowest BCUT2D eigenvalue weighted by atomic mass is 10.1. The SMILES string of the molecule is CNC1=C(C)CN(C)CC1. The Morgan fingerprint density at radius 1 is 1.50 bits per heavy atom. The van der Waals surface area contributed by atoms with Gasteiger partial charge in [0.05, 0.1) is 0 Å². The van der Waals surface area contributed by atoms with Crippen LogP contribution in [0.2, 0.25) is 0 Å². The first-order valence-corrected chi connectivity index (χ1v) is 3.79. The number of nitrogens with zero attached hydrogens (tertiary/aromatic N) is 1. The fraction of sp³-hybridized carbons (Fsp3) is 0.750. The van der Waals surface area contributed by atoms with Crippen LogP contribution < -0.4 is 5.32 Å². The molecule has 2 nitrogen and oxygen atoms in total. The minimum atomic E-state index is 1.12. The summed E-state index contributed by atoms with van der Waals surface area (Å²) in [6.07, 6.45) is 1.18. The molecule has 0 fully saturated rings. The van der Waals surface area contributed by atoms with Gasteiger partial charge in [0.25, 0.3) is 0 Å². The fourth-order valence-electron chi connectivity index (χ4n) is 1.43. The standard InChI is InChI=1S/C8H16N2/c1-7-6-10(3)5-4-8(7)9-2/h9H,4-6H2,1-3H3. The van der Waals surface area contributed by atoms with Crippen molar-refractivity contribution in [2.45, 2.75) is 13.3 Å². The highest BCUT2D eigenvalue weighted by Gasteiger charge is 2.10. The van der Waals surface area contributed by atoms with Crippen LogP contribution in [0.1, 0.15) is 13.3 Å². The summed E-state index contributed by atoms with van der Waals surface area (Å²) in [5, 5.41) is 3.23. The zero-order valence-electron chi connectivity index (χ0n) is 7.07. The van der Waals surface area contributed by atoms with E-state index in [-0.39, 0.29) is 0 Å². The summed E-state index contributed by atoms with van der Waals surface area (Å²) in [7, 11) is 4.17. The maximum atomic E-state index is 3.23. The molecule has 1 aliphatic rings. The first-order valence-electron chi connectivity index (χ1n) is 3.79. The Bertz CT molecular complexity index is 149. The van der Waals surface area contributed by atoms with Gasteiger partial charge in [-0.2, -0.15) is 0 Å². The highest BCUT2D eigenvalue weighted by Crippen LogP contribution is 2.12. The summed E-state index contributed by atoms with van der Waals surface area (Å²) in [6, 6.07) is 0. The molecule has 1 aliphatic heterocycles. The van der Waals surface area contributed by atoms with Crippen molar-refractivity contribution in [3.05, 3.63) is 11.3 Å². The van der Waals surface area contributed by atoms with Gasteiger partial charge in [-0.15, -0.1) is 0 Å². The number of nitrogens with one attached hydrogen (secondary N) is 1. The molecule has 0 aliphatic carbocycles. The Labute approximate surface area is 62.9 Å². The average Bonchev–Trinajstić information content (AvgIpc) is 1.88. The van der Waals surface area contributed by atoms with Crippen molar-refractivity contribution >= 4 is 0 Å². The summed E-state index contributed by atoms with van der Waals surface area (Å²) >= 11 is 0. The highest BCUT2D eigenvalue weighted by atomic mass is 15.1. The molecule has 0 aromatic rings. The molecule has 10 heavy (non-hydrogen) atoms. The average molecular weight is 140 g/mol. The third-order valence-electron chi connectivity index (χ3n) is 2.07. The van der Waals surface area contributed by atoms with Gasteiger partial charge in [-0.05, 0) is 26.0 Å². The van der Waals surface area contributed by atoms with Gasteiger partial charge in [-0.25, -0.2) is 0 Å². The Hall–Kier alpha value is -0.500. The number of hydrogen-bond donors (Lipinski definition) is 1. The van der Waals surface area contributed by atoms with E-state index in [2.05, 4.69) is 24.2 Å². The van der Waals surface area contributed by atoms with Crippen molar-refractivity contribution in [2.24, 2.45) is 0 Å². The largest absolute Gasteiger partial charge is 0.391 e. The van der Waals surface area contributed by atoms with Gasteiger partial charge in [-0.3, -0.25) is 0 Å². The minimum absolute atomic E-state index is 1.12.